The van der Waals surface area contributed by atoms with E-state index in [1.807, 2.05) is 19.4 Å². The zero-order valence-corrected chi connectivity index (χ0v) is 12.2. The van der Waals surface area contributed by atoms with Gasteiger partial charge in [-0.15, -0.1) is 11.3 Å². The molecule has 0 aliphatic carbocycles. The number of anilines is 1. The maximum Gasteiger partial charge on any atom is 0.203 e. The number of nitrogens with zero attached hydrogens (tertiary/aromatic N) is 3. The Balaban J connectivity index is 2.07. The number of rotatable bonds is 5. The van der Waals surface area contributed by atoms with E-state index in [1.165, 1.54) is 4.88 Å². The molecule has 0 spiro atoms. The molecule has 2 heterocycles. The summed E-state index contributed by atoms with van der Waals surface area (Å²) in [6, 6.07) is 0. The second kappa shape index (κ2) is 5.52. The molecule has 98 valence electrons. The Morgan fingerprint density at radius 3 is 2.78 bits per heavy atom. The van der Waals surface area contributed by atoms with E-state index in [-0.39, 0.29) is 0 Å². The second-order valence-corrected chi connectivity index (χ2v) is 5.91. The number of aryl methyl sites for hydroxylation is 2. The van der Waals surface area contributed by atoms with Crippen LogP contribution in [0.4, 0.5) is 5.95 Å². The van der Waals surface area contributed by atoms with Crippen LogP contribution in [-0.4, -0.2) is 14.5 Å². The number of thiazole rings is 1. The highest BCUT2D eigenvalue weighted by atomic mass is 32.1. The molecule has 0 saturated carbocycles. The van der Waals surface area contributed by atoms with Gasteiger partial charge in [-0.05, 0) is 19.8 Å². The molecule has 4 nitrogen and oxygen atoms in total. The van der Waals surface area contributed by atoms with Gasteiger partial charge in [0.2, 0.25) is 5.95 Å². The van der Waals surface area contributed by atoms with Gasteiger partial charge >= 0.3 is 0 Å². The Labute approximate surface area is 112 Å². The molecule has 0 atom stereocenters. The maximum absolute atomic E-state index is 4.53. The van der Waals surface area contributed by atoms with Gasteiger partial charge in [-0.3, -0.25) is 0 Å². The first-order valence-electron chi connectivity index (χ1n) is 6.23. The average molecular weight is 264 g/mol. The minimum atomic E-state index is 0.615. The summed E-state index contributed by atoms with van der Waals surface area (Å²) in [4.78, 5) is 10.1. The molecule has 0 aliphatic heterocycles. The molecule has 0 aromatic carbocycles. The quantitative estimate of drug-likeness (QED) is 0.901. The van der Waals surface area contributed by atoms with Gasteiger partial charge in [0.1, 0.15) is 0 Å². The molecule has 18 heavy (non-hydrogen) atoms. The highest BCUT2D eigenvalue weighted by molar-refractivity contribution is 7.09. The summed E-state index contributed by atoms with van der Waals surface area (Å²) >= 11 is 1.68. The van der Waals surface area contributed by atoms with E-state index in [0.717, 1.165) is 30.4 Å². The van der Waals surface area contributed by atoms with E-state index >= 15 is 0 Å². The van der Waals surface area contributed by atoms with Crippen LogP contribution >= 0.6 is 11.3 Å². The normalized spacial score (nSPS) is 11.2. The zero-order valence-electron chi connectivity index (χ0n) is 11.4. The van der Waals surface area contributed by atoms with Crippen LogP contribution in [0.2, 0.25) is 0 Å². The highest BCUT2D eigenvalue weighted by Crippen LogP contribution is 2.16. The van der Waals surface area contributed by atoms with Crippen molar-refractivity contribution in [3.63, 3.8) is 0 Å². The first-order chi connectivity index (χ1) is 8.56. The lowest BCUT2D eigenvalue weighted by molar-refractivity contribution is 0.526. The van der Waals surface area contributed by atoms with Crippen molar-refractivity contribution in [1.82, 2.24) is 14.5 Å². The molecule has 5 heteroatoms. The summed E-state index contributed by atoms with van der Waals surface area (Å²) in [5, 5.41) is 3.40. The Morgan fingerprint density at radius 2 is 2.17 bits per heavy atom. The van der Waals surface area contributed by atoms with Gasteiger partial charge in [0.25, 0.3) is 0 Å². The molecule has 0 unspecified atom stereocenters. The fourth-order valence-corrected chi connectivity index (χ4v) is 2.59. The topological polar surface area (TPSA) is 42.7 Å². The molecule has 2 aromatic heterocycles. The summed E-state index contributed by atoms with van der Waals surface area (Å²) in [6.07, 6.45) is 2.10. The van der Waals surface area contributed by atoms with E-state index in [1.54, 1.807) is 11.3 Å². The van der Waals surface area contributed by atoms with Crippen LogP contribution in [0.25, 0.3) is 0 Å². The summed E-state index contributed by atoms with van der Waals surface area (Å²) < 4.78 is 2.19. The van der Waals surface area contributed by atoms with Crippen molar-refractivity contribution >= 4 is 17.3 Å². The van der Waals surface area contributed by atoms with E-state index in [4.69, 9.17) is 0 Å². The van der Waals surface area contributed by atoms with E-state index in [2.05, 4.69) is 39.9 Å². The molecule has 0 amide bonds. The van der Waals surface area contributed by atoms with Crippen molar-refractivity contribution in [3.8, 4) is 0 Å². The van der Waals surface area contributed by atoms with Gasteiger partial charge in [0.05, 0.1) is 23.4 Å². The third-order valence-electron chi connectivity index (χ3n) is 2.71. The van der Waals surface area contributed by atoms with Gasteiger partial charge < -0.3 is 9.88 Å². The molecule has 2 rings (SSSR count). The van der Waals surface area contributed by atoms with Gasteiger partial charge in [0, 0.05) is 17.6 Å². The van der Waals surface area contributed by atoms with Crippen LogP contribution in [0.5, 0.6) is 0 Å². The number of imidazole rings is 1. The Hall–Kier alpha value is -1.36. The predicted molar refractivity (Wildman–Crippen MR) is 76.0 cm³/mol. The summed E-state index contributed by atoms with van der Waals surface area (Å²) in [6.45, 7) is 10.3. The van der Waals surface area contributed by atoms with E-state index < -0.39 is 0 Å². The number of hydrogen-bond donors (Lipinski definition) is 1. The third kappa shape index (κ3) is 3.10. The molecule has 0 aliphatic rings. The van der Waals surface area contributed by atoms with Crippen molar-refractivity contribution in [1.29, 1.82) is 0 Å². The first kappa shape index (κ1) is 13.1. The van der Waals surface area contributed by atoms with Crippen LogP contribution in [0.3, 0.4) is 0 Å². The number of hydrogen-bond acceptors (Lipinski definition) is 4. The fraction of sp³-hybridized carbons (Fsp3) is 0.538. The first-order valence-corrected chi connectivity index (χ1v) is 7.11. The van der Waals surface area contributed by atoms with Gasteiger partial charge in [0.15, 0.2) is 0 Å². The summed E-state index contributed by atoms with van der Waals surface area (Å²) in [5.41, 5.74) is 4.04. The smallest absolute Gasteiger partial charge is 0.203 e. The summed E-state index contributed by atoms with van der Waals surface area (Å²) in [5.74, 6) is 1.57. The molecular formula is C13H20N4S. The van der Waals surface area contributed by atoms with Crippen molar-refractivity contribution in [2.45, 2.75) is 40.8 Å². The second-order valence-electron chi connectivity index (χ2n) is 4.97. The highest BCUT2D eigenvalue weighted by Gasteiger charge is 2.08. The maximum atomic E-state index is 4.53. The van der Waals surface area contributed by atoms with Crippen LogP contribution < -0.4 is 5.32 Å². The molecule has 2 aromatic rings. The summed E-state index contributed by atoms with van der Waals surface area (Å²) in [7, 11) is 0. The molecular weight excluding hydrogens is 244 g/mol. The molecule has 1 N–H and O–H groups in total. The van der Waals surface area contributed by atoms with E-state index in [9.17, 15) is 0 Å². The monoisotopic (exact) mass is 264 g/mol. The lowest BCUT2D eigenvalue weighted by Crippen LogP contribution is -2.10. The van der Waals surface area contributed by atoms with Gasteiger partial charge in [-0.2, -0.15) is 0 Å². The average Bonchev–Trinajstić information content (AvgIpc) is 2.82. The minimum absolute atomic E-state index is 0.615. The van der Waals surface area contributed by atoms with Crippen LogP contribution in [-0.2, 0) is 13.1 Å². The number of aromatic nitrogens is 3. The fourth-order valence-electron chi connectivity index (χ4n) is 1.88. The SMILES string of the molecule is Cc1cn(CC(C)C)c(NCc2scnc2C)n1. The van der Waals surface area contributed by atoms with Crippen molar-refractivity contribution in [2.75, 3.05) is 5.32 Å². The number of nitrogens with one attached hydrogen (secondary N) is 1. The third-order valence-corrected chi connectivity index (χ3v) is 3.65. The van der Waals surface area contributed by atoms with Crippen molar-refractivity contribution in [3.05, 3.63) is 28.0 Å². The van der Waals surface area contributed by atoms with Gasteiger partial charge in [-0.1, -0.05) is 13.8 Å². The molecule has 0 fully saturated rings. The van der Waals surface area contributed by atoms with E-state index in [0.29, 0.717) is 5.92 Å². The lowest BCUT2D eigenvalue weighted by atomic mass is 10.2. The predicted octanol–water partition coefficient (Wildman–Crippen LogP) is 3.22. The molecule has 0 saturated heterocycles. The molecule has 0 bridgehead atoms. The lowest BCUT2D eigenvalue weighted by Gasteiger charge is -2.11. The Bertz CT molecular complexity index is 513. The van der Waals surface area contributed by atoms with Crippen molar-refractivity contribution < 1.29 is 0 Å². The minimum Gasteiger partial charge on any atom is -0.351 e. The standard InChI is InChI=1S/C13H20N4S/c1-9(2)6-17-7-10(3)16-13(17)14-5-12-11(4)15-8-18-12/h7-9H,5-6H2,1-4H3,(H,14,16). The van der Waals surface area contributed by atoms with Crippen molar-refractivity contribution in [2.24, 2.45) is 5.92 Å². The van der Waals surface area contributed by atoms with Gasteiger partial charge in [-0.25, -0.2) is 9.97 Å². The van der Waals surface area contributed by atoms with Crippen LogP contribution in [0.15, 0.2) is 11.7 Å². The zero-order chi connectivity index (χ0) is 13.1. The van der Waals surface area contributed by atoms with Crippen LogP contribution in [0.1, 0.15) is 30.1 Å². The molecule has 0 radical (unpaired) electrons. The largest absolute Gasteiger partial charge is 0.351 e. The Kier molecular flexibility index (Phi) is 4.01. The Morgan fingerprint density at radius 1 is 1.39 bits per heavy atom. The van der Waals surface area contributed by atoms with Crippen LogP contribution in [0, 0.1) is 19.8 Å².